The van der Waals surface area contributed by atoms with Gasteiger partial charge >= 0.3 is 6.09 Å². The topological polar surface area (TPSA) is 50.8 Å². The van der Waals surface area contributed by atoms with Crippen molar-refractivity contribution in [3.8, 4) is 5.75 Å². The standard InChI is InChI=1S/C25H34N2O3/c1-24(2,3)30-23(28)27-16-14-25(15-17-27,21-11-6-5-7-12-21)19-26-18-20-10-8-9-13-22(20)29-4/h5-13,26H,14-19H2,1-4H3. The highest BCUT2D eigenvalue weighted by Crippen LogP contribution is 2.35. The van der Waals surface area contributed by atoms with Gasteiger partial charge < -0.3 is 19.7 Å². The van der Waals surface area contributed by atoms with E-state index in [1.807, 2.05) is 43.9 Å². The summed E-state index contributed by atoms with van der Waals surface area (Å²) in [5.41, 5.74) is 1.99. The first-order valence-electron chi connectivity index (χ1n) is 10.7. The molecule has 3 rings (SSSR count). The van der Waals surface area contributed by atoms with Crippen molar-refractivity contribution in [2.24, 2.45) is 0 Å². The van der Waals surface area contributed by atoms with Gasteiger partial charge in [0.25, 0.3) is 0 Å². The van der Waals surface area contributed by atoms with Crippen LogP contribution in [0, 0.1) is 0 Å². The summed E-state index contributed by atoms with van der Waals surface area (Å²) in [6.07, 6.45) is 1.58. The van der Waals surface area contributed by atoms with Gasteiger partial charge in [0.15, 0.2) is 0 Å². The van der Waals surface area contributed by atoms with Crippen LogP contribution in [0.5, 0.6) is 5.75 Å². The quantitative estimate of drug-likeness (QED) is 0.746. The second-order valence-electron chi connectivity index (χ2n) is 9.03. The van der Waals surface area contributed by atoms with E-state index in [0.29, 0.717) is 13.1 Å². The number of nitrogens with one attached hydrogen (secondary N) is 1. The van der Waals surface area contributed by atoms with Crippen LogP contribution in [0.3, 0.4) is 0 Å². The lowest BCUT2D eigenvalue weighted by Crippen LogP contribution is -2.50. The van der Waals surface area contributed by atoms with E-state index in [-0.39, 0.29) is 11.5 Å². The Morgan fingerprint density at radius 2 is 1.67 bits per heavy atom. The lowest BCUT2D eigenvalue weighted by atomic mass is 9.72. The summed E-state index contributed by atoms with van der Waals surface area (Å²) in [7, 11) is 1.71. The highest BCUT2D eigenvalue weighted by molar-refractivity contribution is 5.68. The number of carbonyl (C=O) groups is 1. The number of carbonyl (C=O) groups excluding carboxylic acids is 1. The number of nitrogens with zero attached hydrogens (tertiary/aromatic N) is 1. The van der Waals surface area contributed by atoms with E-state index in [1.165, 1.54) is 5.56 Å². The SMILES string of the molecule is COc1ccccc1CNCC1(c2ccccc2)CCN(C(=O)OC(C)(C)C)CC1. The van der Waals surface area contributed by atoms with Crippen LogP contribution in [0.1, 0.15) is 44.7 Å². The number of hydrogen-bond acceptors (Lipinski definition) is 4. The predicted molar refractivity (Wildman–Crippen MR) is 120 cm³/mol. The number of methoxy groups -OCH3 is 1. The Bertz CT molecular complexity index is 822. The molecule has 0 saturated carbocycles. The number of benzene rings is 2. The van der Waals surface area contributed by atoms with Crippen LogP contribution in [-0.2, 0) is 16.7 Å². The first-order valence-corrected chi connectivity index (χ1v) is 10.7. The molecular weight excluding hydrogens is 376 g/mol. The van der Waals surface area contributed by atoms with Gasteiger partial charge in [-0.3, -0.25) is 0 Å². The molecule has 1 aliphatic rings. The van der Waals surface area contributed by atoms with Crippen molar-refractivity contribution < 1.29 is 14.3 Å². The predicted octanol–water partition coefficient (Wildman–Crippen LogP) is 4.75. The molecule has 1 amide bonds. The molecule has 0 aliphatic carbocycles. The lowest BCUT2D eigenvalue weighted by molar-refractivity contribution is 0.0163. The van der Waals surface area contributed by atoms with Crippen LogP contribution in [0.25, 0.3) is 0 Å². The van der Waals surface area contributed by atoms with Gasteiger partial charge in [-0.25, -0.2) is 4.79 Å². The maximum absolute atomic E-state index is 12.5. The normalized spacial score (nSPS) is 16.2. The van der Waals surface area contributed by atoms with Gasteiger partial charge in [0, 0.05) is 37.2 Å². The average molecular weight is 411 g/mol. The maximum Gasteiger partial charge on any atom is 0.410 e. The van der Waals surface area contributed by atoms with Crippen LogP contribution < -0.4 is 10.1 Å². The summed E-state index contributed by atoms with van der Waals surface area (Å²) >= 11 is 0. The van der Waals surface area contributed by atoms with E-state index < -0.39 is 5.60 Å². The molecule has 0 aromatic heterocycles. The second-order valence-corrected chi connectivity index (χ2v) is 9.03. The van der Waals surface area contributed by atoms with E-state index in [4.69, 9.17) is 9.47 Å². The minimum absolute atomic E-state index is 0.0121. The third-order valence-electron chi connectivity index (χ3n) is 5.73. The van der Waals surface area contributed by atoms with Crippen molar-refractivity contribution in [3.05, 3.63) is 65.7 Å². The summed E-state index contributed by atoms with van der Waals surface area (Å²) in [5, 5.41) is 3.65. The number of piperidine rings is 1. The largest absolute Gasteiger partial charge is 0.496 e. The molecule has 2 aromatic rings. The van der Waals surface area contributed by atoms with E-state index >= 15 is 0 Å². The smallest absolute Gasteiger partial charge is 0.410 e. The Labute approximate surface area is 180 Å². The molecule has 0 atom stereocenters. The molecule has 1 heterocycles. The number of ether oxygens (including phenoxy) is 2. The Kier molecular flexibility index (Phi) is 7.03. The Hall–Kier alpha value is -2.53. The van der Waals surface area contributed by atoms with Crippen molar-refractivity contribution in [2.75, 3.05) is 26.7 Å². The van der Waals surface area contributed by atoms with Gasteiger partial charge in [-0.05, 0) is 45.2 Å². The molecule has 0 bridgehead atoms. The summed E-state index contributed by atoms with van der Waals surface area (Å²) in [5.74, 6) is 0.901. The average Bonchev–Trinajstić information content (AvgIpc) is 2.74. The van der Waals surface area contributed by atoms with Gasteiger partial charge in [0.05, 0.1) is 7.11 Å². The second kappa shape index (κ2) is 9.52. The molecule has 1 N–H and O–H groups in total. The zero-order valence-corrected chi connectivity index (χ0v) is 18.6. The van der Waals surface area contributed by atoms with Crippen LogP contribution >= 0.6 is 0 Å². The molecule has 1 fully saturated rings. The number of likely N-dealkylation sites (tertiary alicyclic amines) is 1. The molecule has 5 nitrogen and oxygen atoms in total. The Balaban J connectivity index is 1.69. The van der Waals surface area contributed by atoms with Gasteiger partial charge in [0.2, 0.25) is 0 Å². The minimum atomic E-state index is -0.471. The van der Waals surface area contributed by atoms with Gasteiger partial charge in [-0.15, -0.1) is 0 Å². The molecule has 30 heavy (non-hydrogen) atoms. The van der Waals surface area contributed by atoms with Crippen LogP contribution in [-0.4, -0.2) is 43.3 Å². The maximum atomic E-state index is 12.5. The van der Waals surface area contributed by atoms with E-state index in [1.54, 1.807) is 7.11 Å². The fraction of sp³-hybridized carbons (Fsp3) is 0.480. The Morgan fingerprint density at radius 1 is 1.03 bits per heavy atom. The van der Waals surface area contributed by atoms with E-state index in [2.05, 4.69) is 41.7 Å². The third-order valence-corrected chi connectivity index (χ3v) is 5.73. The summed E-state index contributed by atoms with van der Waals surface area (Å²) < 4.78 is 11.1. The molecule has 1 saturated heterocycles. The van der Waals surface area contributed by atoms with Gasteiger partial charge in [-0.1, -0.05) is 48.5 Å². The van der Waals surface area contributed by atoms with Crippen LogP contribution in [0.2, 0.25) is 0 Å². The number of hydrogen-bond donors (Lipinski definition) is 1. The fourth-order valence-electron chi connectivity index (χ4n) is 4.09. The molecular formula is C25H34N2O3. The lowest BCUT2D eigenvalue weighted by Gasteiger charge is -2.42. The Morgan fingerprint density at radius 3 is 2.30 bits per heavy atom. The monoisotopic (exact) mass is 410 g/mol. The van der Waals surface area contributed by atoms with Gasteiger partial charge in [0.1, 0.15) is 11.4 Å². The first-order chi connectivity index (χ1) is 14.3. The fourth-order valence-corrected chi connectivity index (χ4v) is 4.09. The van der Waals surface area contributed by atoms with Crippen LogP contribution in [0.4, 0.5) is 4.79 Å². The highest BCUT2D eigenvalue weighted by Gasteiger charge is 2.38. The number of para-hydroxylation sites is 1. The molecule has 1 aliphatic heterocycles. The zero-order valence-electron chi connectivity index (χ0n) is 18.6. The van der Waals surface area contributed by atoms with Crippen molar-refractivity contribution in [1.29, 1.82) is 0 Å². The van der Waals surface area contributed by atoms with E-state index in [0.717, 1.165) is 37.2 Å². The zero-order chi connectivity index (χ0) is 21.6. The highest BCUT2D eigenvalue weighted by atomic mass is 16.6. The minimum Gasteiger partial charge on any atom is -0.496 e. The summed E-state index contributed by atoms with van der Waals surface area (Å²) in [6.45, 7) is 8.70. The summed E-state index contributed by atoms with van der Waals surface area (Å²) in [6, 6.07) is 18.7. The summed E-state index contributed by atoms with van der Waals surface area (Å²) in [4.78, 5) is 14.3. The van der Waals surface area contributed by atoms with Gasteiger partial charge in [-0.2, -0.15) is 0 Å². The van der Waals surface area contributed by atoms with Crippen LogP contribution in [0.15, 0.2) is 54.6 Å². The molecule has 5 heteroatoms. The number of rotatable bonds is 6. The van der Waals surface area contributed by atoms with Crippen molar-refractivity contribution >= 4 is 6.09 Å². The molecule has 162 valence electrons. The van der Waals surface area contributed by atoms with Crippen molar-refractivity contribution in [2.45, 2.75) is 51.2 Å². The van der Waals surface area contributed by atoms with E-state index in [9.17, 15) is 4.79 Å². The van der Waals surface area contributed by atoms with Crippen molar-refractivity contribution in [1.82, 2.24) is 10.2 Å². The van der Waals surface area contributed by atoms with Crippen molar-refractivity contribution in [3.63, 3.8) is 0 Å². The third kappa shape index (κ3) is 5.54. The molecule has 2 aromatic carbocycles. The molecule has 0 unspecified atom stereocenters. The number of amides is 1. The molecule has 0 radical (unpaired) electrons. The molecule has 0 spiro atoms. The first kappa shape index (κ1) is 22.2.